The summed E-state index contributed by atoms with van der Waals surface area (Å²) in [5.41, 5.74) is 7.91. The Morgan fingerprint density at radius 3 is 2.78 bits per heavy atom. The quantitative estimate of drug-likeness (QED) is 0.786. The van der Waals surface area contributed by atoms with Gasteiger partial charge in [0, 0.05) is 50.1 Å². The molecule has 0 aliphatic carbocycles. The zero-order chi connectivity index (χ0) is 19.1. The van der Waals surface area contributed by atoms with Crippen LogP contribution >= 0.6 is 0 Å². The van der Waals surface area contributed by atoms with Gasteiger partial charge < -0.3 is 11.1 Å². The molecule has 2 aromatic rings. The van der Waals surface area contributed by atoms with E-state index in [0.717, 1.165) is 36.9 Å². The summed E-state index contributed by atoms with van der Waals surface area (Å²) in [7, 11) is 0. The van der Waals surface area contributed by atoms with Crippen molar-refractivity contribution in [3.05, 3.63) is 54.1 Å². The van der Waals surface area contributed by atoms with E-state index in [0.29, 0.717) is 31.6 Å². The van der Waals surface area contributed by atoms with Gasteiger partial charge >= 0.3 is 0 Å². The molecule has 0 bridgehead atoms. The van der Waals surface area contributed by atoms with E-state index in [1.165, 1.54) is 0 Å². The first-order chi connectivity index (χ1) is 13.2. The van der Waals surface area contributed by atoms with E-state index in [9.17, 15) is 9.18 Å². The number of benzene rings is 1. The Hall–Kier alpha value is -2.31. The molecule has 3 N–H and O–H groups in total. The lowest BCUT2D eigenvalue weighted by atomic mass is 9.99. The molecule has 5 nitrogen and oxygen atoms in total. The maximum atomic E-state index is 14.7. The van der Waals surface area contributed by atoms with Gasteiger partial charge in [0.25, 0.3) is 0 Å². The Kier molecular flexibility index (Phi) is 6.90. The molecule has 27 heavy (non-hydrogen) atoms. The monoisotopic (exact) mass is 370 g/mol. The number of nitrogens with zero attached hydrogens (tertiary/aromatic N) is 2. The van der Waals surface area contributed by atoms with E-state index in [4.69, 9.17) is 5.73 Å². The summed E-state index contributed by atoms with van der Waals surface area (Å²) >= 11 is 0. The van der Waals surface area contributed by atoms with Crippen LogP contribution in [0.3, 0.4) is 0 Å². The fourth-order valence-electron chi connectivity index (χ4n) is 3.57. The Morgan fingerprint density at radius 1 is 1.22 bits per heavy atom. The Bertz CT molecular complexity index is 753. The zero-order valence-corrected chi connectivity index (χ0v) is 15.5. The van der Waals surface area contributed by atoms with Crippen molar-refractivity contribution in [3.8, 4) is 11.1 Å². The predicted molar refractivity (Wildman–Crippen MR) is 104 cm³/mol. The number of rotatable bonds is 7. The van der Waals surface area contributed by atoms with Crippen LogP contribution in [0.5, 0.6) is 0 Å². The van der Waals surface area contributed by atoms with Crippen LogP contribution < -0.4 is 11.1 Å². The highest BCUT2D eigenvalue weighted by Crippen LogP contribution is 2.24. The number of aromatic nitrogens is 1. The number of carbonyl (C=O) groups is 1. The van der Waals surface area contributed by atoms with Crippen LogP contribution in [-0.4, -0.2) is 41.5 Å². The molecule has 0 radical (unpaired) electrons. The lowest BCUT2D eigenvalue weighted by Gasteiger charge is -2.36. The third-order valence-electron chi connectivity index (χ3n) is 5.10. The third-order valence-corrected chi connectivity index (χ3v) is 5.10. The van der Waals surface area contributed by atoms with Gasteiger partial charge in [-0.25, -0.2) is 4.39 Å². The minimum Gasteiger partial charge on any atom is -0.354 e. The van der Waals surface area contributed by atoms with E-state index in [2.05, 4.69) is 15.2 Å². The van der Waals surface area contributed by atoms with Crippen molar-refractivity contribution in [2.45, 2.75) is 38.3 Å². The van der Waals surface area contributed by atoms with Gasteiger partial charge in [0.2, 0.25) is 5.91 Å². The topological polar surface area (TPSA) is 71.2 Å². The van der Waals surface area contributed by atoms with Gasteiger partial charge in [-0.3, -0.25) is 14.7 Å². The molecule has 1 amide bonds. The second kappa shape index (κ2) is 9.58. The molecular formula is C21H27FN4O. The number of hydrogen-bond donors (Lipinski definition) is 2. The summed E-state index contributed by atoms with van der Waals surface area (Å²) in [4.78, 5) is 18.0. The van der Waals surface area contributed by atoms with Gasteiger partial charge in [-0.15, -0.1) is 0 Å². The minimum atomic E-state index is -0.194. The maximum Gasteiger partial charge on any atom is 0.221 e. The van der Waals surface area contributed by atoms with Gasteiger partial charge in [-0.2, -0.15) is 0 Å². The molecular weight excluding hydrogens is 343 g/mol. The van der Waals surface area contributed by atoms with Gasteiger partial charge in [-0.1, -0.05) is 18.6 Å². The molecule has 0 saturated carbocycles. The van der Waals surface area contributed by atoms with Crippen molar-refractivity contribution >= 4 is 5.91 Å². The first-order valence-electron chi connectivity index (χ1n) is 9.57. The van der Waals surface area contributed by atoms with Crippen molar-refractivity contribution in [1.29, 1.82) is 0 Å². The summed E-state index contributed by atoms with van der Waals surface area (Å²) in [6.07, 6.45) is 7.01. The van der Waals surface area contributed by atoms with Crippen LogP contribution in [0.2, 0.25) is 0 Å². The van der Waals surface area contributed by atoms with Gasteiger partial charge in [-0.05, 0) is 48.7 Å². The SMILES string of the molecule is NCCC(=O)NCC1CCCCN1Cc1ccc(-c2ccncc2)cc1F. The molecule has 1 unspecified atom stereocenters. The van der Waals surface area contributed by atoms with Crippen LogP contribution in [0.4, 0.5) is 4.39 Å². The number of nitrogens with two attached hydrogens (primary N) is 1. The van der Waals surface area contributed by atoms with E-state index in [-0.39, 0.29) is 17.8 Å². The lowest BCUT2D eigenvalue weighted by Crippen LogP contribution is -2.46. The molecule has 1 aliphatic heterocycles. The number of carbonyl (C=O) groups excluding carboxylic acids is 1. The average Bonchev–Trinajstić information content (AvgIpc) is 2.70. The highest BCUT2D eigenvalue weighted by Gasteiger charge is 2.23. The van der Waals surface area contributed by atoms with E-state index in [1.54, 1.807) is 18.5 Å². The standard InChI is InChI=1S/C21H27FN4O/c22-20-13-17(16-7-10-24-11-8-16)4-5-18(20)15-26-12-2-1-3-19(26)14-25-21(27)6-9-23/h4-5,7-8,10-11,13,19H,1-3,6,9,12,14-15,23H2,(H,25,27). The second-order valence-corrected chi connectivity index (χ2v) is 7.00. The number of nitrogens with one attached hydrogen (secondary N) is 1. The van der Waals surface area contributed by atoms with Crippen LogP contribution in [0.25, 0.3) is 11.1 Å². The molecule has 144 valence electrons. The Labute approximate surface area is 159 Å². The summed E-state index contributed by atoms with van der Waals surface area (Å²) in [6.45, 7) is 2.42. The molecule has 3 rings (SSSR count). The summed E-state index contributed by atoms with van der Waals surface area (Å²) in [5.74, 6) is -0.211. The van der Waals surface area contributed by atoms with Crippen LogP contribution in [-0.2, 0) is 11.3 Å². The van der Waals surface area contributed by atoms with Crippen LogP contribution in [0, 0.1) is 5.82 Å². The van der Waals surface area contributed by atoms with Crippen LogP contribution in [0.1, 0.15) is 31.2 Å². The average molecular weight is 370 g/mol. The fourth-order valence-corrected chi connectivity index (χ4v) is 3.57. The lowest BCUT2D eigenvalue weighted by molar-refractivity contribution is -0.121. The number of likely N-dealkylation sites (tertiary alicyclic amines) is 1. The van der Waals surface area contributed by atoms with Crippen LogP contribution in [0.15, 0.2) is 42.7 Å². The largest absolute Gasteiger partial charge is 0.354 e. The first-order valence-corrected chi connectivity index (χ1v) is 9.57. The summed E-state index contributed by atoms with van der Waals surface area (Å²) in [6, 6.07) is 9.39. The van der Waals surface area contributed by atoms with Gasteiger partial charge in [0.05, 0.1) is 0 Å². The number of piperidine rings is 1. The van der Waals surface area contributed by atoms with Crippen molar-refractivity contribution in [3.63, 3.8) is 0 Å². The Balaban J connectivity index is 1.66. The Morgan fingerprint density at radius 2 is 2.04 bits per heavy atom. The predicted octanol–water partition coefficient (Wildman–Crippen LogP) is 2.71. The summed E-state index contributed by atoms with van der Waals surface area (Å²) in [5, 5.41) is 2.95. The molecule has 1 saturated heterocycles. The first kappa shape index (κ1) is 19.5. The van der Waals surface area contributed by atoms with E-state index < -0.39 is 0 Å². The number of hydrogen-bond acceptors (Lipinski definition) is 4. The van der Waals surface area contributed by atoms with Crippen molar-refractivity contribution in [1.82, 2.24) is 15.2 Å². The van der Waals surface area contributed by atoms with Crippen molar-refractivity contribution < 1.29 is 9.18 Å². The molecule has 1 fully saturated rings. The molecule has 1 aromatic carbocycles. The van der Waals surface area contributed by atoms with E-state index >= 15 is 0 Å². The molecule has 1 aromatic heterocycles. The van der Waals surface area contributed by atoms with Gasteiger partial charge in [0.1, 0.15) is 5.82 Å². The second-order valence-electron chi connectivity index (χ2n) is 7.00. The molecule has 1 aliphatic rings. The maximum absolute atomic E-state index is 14.7. The smallest absolute Gasteiger partial charge is 0.221 e. The summed E-state index contributed by atoms with van der Waals surface area (Å²) < 4.78 is 14.7. The highest BCUT2D eigenvalue weighted by molar-refractivity contribution is 5.76. The van der Waals surface area contributed by atoms with Gasteiger partial charge in [0.15, 0.2) is 0 Å². The van der Waals surface area contributed by atoms with E-state index in [1.807, 2.05) is 24.3 Å². The minimum absolute atomic E-state index is 0.0177. The third kappa shape index (κ3) is 5.34. The van der Waals surface area contributed by atoms with Crippen molar-refractivity contribution in [2.75, 3.05) is 19.6 Å². The molecule has 6 heteroatoms. The van der Waals surface area contributed by atoms with Crippen molar-refractivity contribution in [2.24, 2.45) is 5.73 Å². The normalized spacial score (nSPS) is 17.6. The number of halogens is 1. The molecule has 2 heterocycles. The number of amides is 1. The molecule has 1 atom stereocenters. The number of pyridine rings is 1. The zero-order valence-electron chi connectivity index (χ0n) is 15.5. The highest BCUT2D eigenvalue weighted by atomic mass is 19.1. The fraction of sp³-hybridized carbons (Fsp3) is 0.429. The molecule has 0 spiro atoms.